The minimum atomic E-state index is -0.264. The number of aromatic nitrogens is 2. The number of para-hydroxylation sites is 1. The van der Waals surface area contributed by atoms with E-state index in [0.717, 1.165) is 31.5 Å². The first-order valence-corrected chi connectivity index (χ1v) is 18.9. The number of allylic oxidation sites excluding steroid dienone is 10. The van der Waals surface area contributed by atoms with Crippen LogP contribution in [0.15, 0.2) is 150 Å². The summed E-state index contributed by atoms with van der Waals surface area (Å²) in [5.41, 5.74) is 13.5. The van der Waals surface area contributed by atoms with Crippen LogP contribution in [0.2, 0.25) is 0 Å². The molecule has 0 saturated heterocycles. The van der Waals surface area contributed by atoms with Gasteiger partial charge in [-0.3, -0.25) is 0 Å². The molecule has 256 valence electrons. The fourth-order valence-electron chi connectivity index (χ4n) is 9.56. The first-order chi connectivity index (χ1) is 24.6. The average Bonchev–Trinajstić information content (AvgIpc) is 3.56. The van der Waals surface area contributed by atoms with E-state index >= 15 is 0 Å². The number of benzene rings is 2. The van der Waals surface area contributed by atoms with Crippen LogP contribution in [0.3, 0.4) is 0 Å². The first-order valence-electron chi connectivity index (χ1n) is 18.9. The fourth-order valence-corrected chi connectivity index (χ4v) is 9.56. The van der Waals surface area contributed by atoms with Crippen LogP contribution >= 0.6 is 0 Å². The van der Waals surface area contributed by atoms with E-state index < -0.39 is 0 Å². The van der Waals surface area contributed by atoms with E-state index in [1.54, 1.807) is 5.57 Å². The van der Waals surface area contributed by atoms with Crippen molar-refractivity contribution in [2.75, 3.05) is 4.90 Å². The van der Waals surface area contributed by atoms with E-state index in [4.69, 9.17) is 4.98 Å². The highest BCUT2D eigenvalue weighted by Gasteiger charge is 2.46. The average molecular weight is 668 g/mol. The van der Waals surface area contributed by atoms with Gasteiger partial charge in [-0.05, 0) is 115 Å². The summed E-state index contributed by atoms with van der Waals surface area (Å²) in [5, 5.41) is 1.35. The number of pyridine rings is 1. The van der Waals surface area contributed by atoms with Crippen molar-refractivity contribution in [1.29, 1.82) is 0 Å². The summed E-state index contributed by atoms with van der Waals surface area (Å²) in [4.78, 5) is 7.45. The molecule has 5 aliphatic rings. The van der Waals surface area contributed by atoms with Gasteiger partial charge in [0.1, 0.15) is 5.82 Å². The van der Waals surface area contributed by atoms with Gasteiger partial charge in [-0.1, -0.05) is 114 Å². The monoisotopic (exact) mass is 667 g/mol. The Labute approximate surface area is 303 Å². The zero-order chi connectivity index (χ0) is 35.1. The van der Waals surface area contributed by atoms with Crippen LogP contribution in [-0.2, 0) is 11.8 Å². The van der Waals surface area contributed by atoms with Crippen molar-refractivity contribution in [3.63, 3.8) is 0 Å². The molecule has 2 aromatic heterocycles. The maximum atomic E-state index is 4.95. The number of nitrogens with zero attached hydrogens (tertiary/aromatic N) is 3. The van der Waals surface area contributed by atoms with Crippen molar-refractivity contribution >= 4 is 22.8 Å². The fraction of sp³-hybridized carbons (Fsp3) is 0.312. The Morgan fingerprint density at radius 2 is 1.59 bits per heavy atom. The molecule has 0 saturated carbocycles. The molecule has 3 heteroatoms. The molecule has 4 unspecified atom stereocenters. The van der Waals surface area contributed by atoms with Gasteiger partial charge < -0.3 is 9.47 Å². The summed E-state index contributed by atoms with van der Waals surface area (Å²) in [6, 6.07) is 24.4. The van der Waals surface area contributed by atoms with Crippen LogP contribution in [0.25, 0.3) is 22.7 Å². The second-order valence-electron chi connectivity index (χ2n) is 16.7. The number of hydrogen-bond acceptors (Lipinski definition) is 2. The van der Waals surface area contributed by atoms with Crippen molar-refractivity contribution in [3.8, 4) is 5.69 Å². The van der Waals surface area contributed by atoms with Crippen molar-refractivity contribution in [2.45, 2.75) is 78.2 Å². The van der Waals surface area contributed by atoms with Crippen LogP contribution in [-0.4, -0.2) is 15.1 Å². The van der Waals surface area contributed by atoms with Crippen LogP contribution in [0, 0.1) is 17.3 Å². The predicted molar refractivity (Wildman–Crippen MR) is 214 cm³/mol. The van der Waals surface area contributed by atoms with Gasteiger partial charge in [0.05, 0.1) is 11.1 Å². The molecule has 0 fully saturated rings. The number of hydrogen-bond donors (Lipinski definition) is 0. The van der Waals surface area contributed by atoms with Crippen LogP contribution in [0.5, 0.6) is 0 Å². The molecule has 3 nitrogen and oxygen atoms in total. The molecule has 4 aromatic rings. The highest BCUT2D eigenvalue weighted by Crippen LogP contribution is 2.57. The molecular weight excluding hydrogens is 619 g/mol. The summed E-state index contributed by atoms with van der Waals surface area (Å²) in [6.45, 7) is 14.3. The minimum Gasteiger partial charge on any atom is -0.317 e. The quantitative estimate of drug-likeness (QED) is 0.211. The third-order valence-electron chi connectivity index (χ3n) is 12.5. The minimum absolute atomic E-state index is 0.0187. The second-order valence-corrected chi connectivity index (χ2v) is 16.7. The van der Waals surface area contributed by atoms with Crippen LogP contribution in [0.1, 0.15) is 77.6 Å². The zero-order valence-corrected chi connectivity index (χ0v) is 30.9. The molecule has 51 heavy (non-hydrogen) atoms. The molecule has 0 N–H and O–H groups in total. The normalized spacial score (nSPS) is 27.5. The molecule has 0 aliphatic heterocycles. The lowest BCUT2D eigenvalue weighted by Crippen LogP contribution is -2.46. The van der Waals surface area contributed by atoms with Gasteiger partial charge in [-0.25, -0.2) is 4.98 Å². The number of fused-ring (bicyclic) bond motifs is 5. The van der Waals surface area contributed by atoms with Gasteiger partial charge in [-0.2, -0.15) is 0 Å². The number of rotatable bonds is 5. The van der Waals surface area contributed by atoms with Crippen LogP contribution < -0.4 is 4.90 Å². The standard InChI is InChI=1S/C48H49N3/c1-32-16-19-41-39(28-32)37-23-26-48(6,31-42(37)46(41,3)4)51(45-14-10-11-27-49-45)36-21-24-47(5,25-22-36)34-17-20-43-40(30-34)38-18-15-33(2)29-44(38)50(43)35-12-8-7-9-13-35/h7-24,27,30-33H,25-26,28-29H2,1-6H3. The van der Waals surface area contributed by atoms with E-state index in [9.17, 15) is 0 Å². The maximum absolute atomic E-state index is 4.95. The van der Waals surface area contributed by atoms with E-state index in [1.807, 2.05) is 12.3 Å². The number of anilines is 1. The van der Waals surface area contributed by atoms with Gasteiger partial charge in [0, 0.05) is 45.1 Å². The Morgan fingerprint density at radius 1 is 0.804 bits per heavy atom. The van der Waals surface area contributed by atoms with Gasteiger partial charge in [0.15, 0.2) is 0 Å². The first kappa shape index (κ1) is 32.0. The third kappa shape index (κ3) is 5.03. The Hall–Kier alpha value is -4.89. The second kappa shape index (κ2) is 11.6. The van der Waals surface area contributed by atoms with E-state index in [-0.39, 0.29) is 16.4 Å². The molecule has 2 aromatic carbocycles. The lowest BCUT2D eigenvalue weighted by molar-refractivity contribution is 0.507. The maximum Gasteiger partial charge on any atom is 0.133 e. The molecule has 5 aliphatic carbocycles. The van der Waals surface area contributed by atoms with Gasteiger partial charge in [-0.15, -0.1) is 0 Å². The van der Waals surface area contributed by atoms with Gasteiger partial charge in [0.25, 0.3) is 0 Å². The largest absolute Gasteiger partial charge is 0.317 e. The Morgan fingerprint density at radius 3 is 2.35 bits per heavy atom. The third-order valence-corrected chi connectivity index (χ3v) is 12.5. The highest BCUT2D eigenvalue weighted by atomic mass is 15.3. The zero-order valence-electron chi connectivity index (χ0n) is 30.9. The Balaban J connectivity index is 1.08. The molecule has 2 heterocycles. The van der Waals surface area contributed by atoms with Crippen molar-refractivity contribution in [1.82, 2.24) is 9.55 Å². The Bertz CT molecular complexity index is 2290. The van der Waals surface area contributed by atoms with E-state index in [1.165, 1.54) is 55.8 Å². The summed E-state index contributed by atoms with van der Waals surface area (Å²) in [6.07, 6.45) is 27.9. The predicted octanol–water partition coefficient (Wildman–Crippen LogP) is 11.8. The lowest BCUT2D eigenvalue weighted by Gasteiger charge is -2.45. The van der Waals surface area contributed by atoms with E-state index in [2.05, 4.69) is 166 Å². The topological polar surface area (TPSA) is 21.1 Å². The molecule has 0 bridgehead atoms. The summed E-state index contributed by atoms with van der Waals surface area (Å²) in [7, 11) is 0. The van der Waals surface area contributed by atoms with Crippen LogP contribution in [0.4, 0.5) is 5.82 Å². The van der Waals surface area contributed by atoms with Crippen molar-refractivity contribution in [2.24, 2.45) is 17.3 Å². The highest BCUT2D eigenvalue weighted by molar-refractivity contribution is 5.94. The SMILES string of the molecule is CC1C=CC2=C(C1)C1=CCC(C)(N(C3=CCC(C)(c4ccc5c(c4)c4c(n5-c5ccccc5)CC(C)C=C4)C=C3)c3ccccn3)C=C1C2(C)C. The van der Waals surface area contributed by atoms with Crippen molar-refractivity contribution in [3.05, 3.63) is 166 Å². The molecule has 0 spiro atoms. The Kier molecular flexibility index (Phi) is 7.27. The smallest absolute Gasteiger partial charge is 0.133 e. The lowest BCUT2D eigenvalue weighted by atomic mass is 9.74. The van der Waals surface area contributed by atoms with Crippen molar-refractivity contribution < 1.29 is 0 Å². The van der Waals surface area contributed by atoms with Gasteiger partial charge in [0.2, 0.25) is 0 Å². The summed E-state index contributed by atoms with van der Waals surface area (Å²) >= 11 is 0. The summed E-state index contributed by atoms with van der Waals surface area (Å²) < 4.78 is 2.49. The molecule has 0 amide bonds. The molecule has 4 atom stereocenters. The molecular formula is C48H49N3. The molecule has 9 rings (SSSR count). The molecule has 0 radical (unpaired) electrons. The summed E-state index contributed by atoms with van der Waals surface area (Å²) in [5.74, 6) is 2.10. The van der Waals surface area contributed by atoms with E-state index in [0.29, 0.717) is 11.8 Å². The van der Waals surface area contributed by atoms with Gasteiger partial charge >= 0.3 is 0 Å².